The van der Waals surface area contributed by atoms with Gasteiger partial charge in [0.1, 0.15) is 0 Å². The van der Waals surface area contributed by atoms with Crippen LogP contribution in [0.1, 0.15) is 31.8 Å². The molecule has 7 aromatic carbocycles. The Kier molecular flexibility index (Phi) is 3.36. The molecule has 0 bridgehead atoms. The number of nitrogens with zero attached hydrogens (tertiary/aromatic N) is 1. The minimum atomic E-state index is -0.394. The largest absolute Gasteiger partial charge is 0.309 e. The molecular formula is C39H27N. The van der Waals surface area contributed by atoms with E-state index in [0.29, 0.717) is 0 Å². The van der Waals surface area contributed by atoms with Gasteiger partial charge in [-0.05, 0) is 90.9 Å². The van der Waals surface area contributed by atoms with Crippen molar-refractivity contribution >= 4 is 54.1 Å². The Bertz CT molecular complexity index is 2600. The van der Waals surface area contributed by atoms with Gasteiger partial charge in [-0.2, -0.15) is 0 Å². The SMILES string of the molecule is [2H]c1c([2H])c([2H])c(-n2c3cc4c(cc3c3cc5c6ccccc6c6ccccc6c5cc32)-c2ccccc2C4(C)C)c([2H])c1[2H]. The quantitative estimate of drug-likeness (QED) is 0.192. The van der Waals surface area contributed by atoms with Gasteiger partial charge in [0.05, 0.1) is 17.9 Å². The van der Waals surface area contributed by atoms with Gasteiger partial charge in [-0.1, -0.05) is 105 Å². The first-order chi connectivity index (χ1) is 21.7. The number of para-hydroxylation sites is 1. The molecule has 1 nitrogen and oxygen atoms in total. The second-order valence-electron chi connectivity index (χ2n) is 11.4. The zero-order chi connectivity index (χ0) is 30.9. The summed E-state index contributed by atoms with van der Waals surface area (Å²) in [5.74, 6) is 0. The molecule has 1 aliphatic carbocycles. The standard InChI is InChI=1S/C39H27N/c1-39(2)35-19-11-10-18-29(35)32-21-34-33-20-30-27-16-8-6-14-25(27)26-15-7-9-17-28(26)31(30)22-37(33)40(38(34)23-36(32)39)24-12-4-3-5-13-24/h3-23H,1-2H3/i3D,4D,5D,12D,13D. The van der Waals surface area contributed by atoms with Gasteiger partial charge >= 0.3 is 0 Å². The van der Waals surface area contributed by atoms with Crippen molar-refractivity contribution in [3.05, 3.63) is 138 Å². The highest BCUT2D eigenvalue weighted by atomic mass is 15.0. The van der Waals surface area contributed by atoms with Gasteiger partial charge in [0.15, 0.2) is 0 Å². The molecule has 1 heteroatoms. The fourth-order valence-corrected chi connectivity index (χ4v) is 7.20. The molecule has 0 N–H and O–H groups in total. The van der Waals surface area contributed by atoms with Crippen molar-refractivity contribution in [3.63, 3.8) is 0 Å². The summed E-state index contributed by atoms with van der Waals surface area (Å²) in [6, 6.07) is 32.7. The van der Waals surface area contributed by atoms with E-state index < -0.39 is 6.04 Å². The first-order valence-corrected chi connectivity index (χ1v) is 13.7. The van der Waals surface area contributed by atoms with Crippen LogP contribution in [0.4, 0.5) is 0 Å². The van der Waals surface area contributed by atoms with Crippen molar-refractivity contribution in [1.29, 1.82) is 0 Å². The third-order valence-electron chi connectivity index (χ3n) is 9.04. The van der Waals surface area contributed by atoms with Crippen LogP contribution >= 0.6 is 0 Å². The molecule has 1 aromatic heterocycles. The van der Waals surface area contributed by atoms with Crippen LogP contribution in [0.5, 0.6) is 0 Å². The topological polar surface area (TPSA) is 4.93 Å². The van der Waals surface area contributed by atoms with Gasteiger partial charge in [0.25, 0.3) is 0 Å². The maximum atomic E-state index is 9.01. The third kappa shape index (κ3) is 2.72. The summed E-state index contributed by atoms with van der Waals surface area (Å²) in [6.07, 6.45) is 0. The first-order valence-electron chi connectivity index (χ1n) is 16.2. The predicted molar refractivity (Wildman–Crippen MR) is 171 cm³/mol. The van der Waals surface area contributed by atoms with Crippen molar-refractivity contribution in [1.82, 2.24) is 4.57 Å². The molecule has 0 aliphatic heterocycles. The molecule has 0 spiro atoms. The second-order valence-corrected chi connectivity index (χ2v) is 11.4. The summed E-state index contributed by atoms with van der Waals surface area (Å²) in [5.41, 5.74) is 6.34. The zero-order valence-corrected chi connectivity index (χ0v) is 22.2. The lowest BCUT2D eigenvalue weighted by Crippen LogP contribution is -2.14. The average molecular weight is 515 g/mol. The van der Waals surface area contributed by atoms with Gasteiger partial charge in [0, 0.05) is 21.9 Å². The van der Waals surface area contributed by atoms with Crippen molar-refractivity contribution < 1.29 is 6.85 Å². The average Bonchev–Trinajstić information content (AvgIpc) is 3.49. The second kappa shape index (κ2) is 7.61. The molecule has 1 heterocycles. The van der Waals surface area contributed by atoms with E-state index in [1.165, 1.54) is 22.1 Å². The summed E-state index contributed by atoms with van der Waals surface area (Å²) in [4.78, 5) is 0. The molecule has 40 heavy (non-hydrogen) atoms. The number of benzene rings is 7. The van der Waals surface area contributed by atoms with E-state index in [4.69, 9.17) is 6.85 Å². The minimum Gasteiger partial charge on any atom is -0.309 e. The maximum Gasteiger partial charge on any atom is 0.0645 e. The molecule has 0 atom stereocenters. The summed E-state index contributed by atoms with van der Waals surface area (Å²) in [6.45, 7) is 4.46. The summed E-state index contributed by atoms with van der Waals surface area (Å²) < 4.78 is 45.3. The van der Waals surface area contributed by atoms with Gasteiger partial charge < -0.3 is 4.57 Å². The van der Waals surface area contributed by atoms with E-state index in [9.17, 15) is 0 Å². The number of hydrogen-bond acceptors (Lipinski definition) is 0. The van der Waals surface area contributed by atoms with E-state index in [0.717, 1.165) is 54.3 Å². The van der Waals surface area contributed by atoms with Crippen LogP contribution in [-0.4, -0.2) is 4.57 Å². The van der Waals surface area contributed by atoms with E-state index >= 15 is 0 Å². The van der Waals surface area contributed by atoms with Crippen LogP contribution in [0.3, 0.4) is 0 Å². The summed E-state index contributed by atoms with van der Waals surface area (Å²) >= 11 is 0. The highest BCUT2D eigenvalue weighted by molar-refractivity contribution is 6.29. The Morgan fingerprint density at radius 2 is 1.05 bits per heavy atom. The number of fused-ring (bicyclic) bond motifs is 12. The molecule has 188 valence electrons. The number of hydrogen-bond donors (Lipinski definition) is 0. The van der Waals surface area contributed by atoms with Crippen LogP contribution in [0.25, 0.3) is 70.9 Å². The molecule has 0 amide bonds. The van der Waals surface area contributed by atoms with E-state index in [2.05, 4.69) is 111 Å². The minimum absolute atomic E-state index is 0.165. The molecule has 1 aliphatic rings. The molecule has 0 radical (unpaired) electrons. The van der Waals surface area contributed by atoms with Crippen LogP contribution in [0.15, 0.2) is 127 Å². The number of aromatic nitrogens is 1. The molecule has 9 rings (SSSR count). The Labute approximate surface area is 239 Å². The molecule has 0 saturated carbocycles. The van der Waals surface area contributed by atoms with Crippen LogP contribution < -0.4 is 0 Å². The number of rotatable bonds is 1. The Balaban J connectivity index is 1.54. The molecule has 0 unspecified atom stereocenters. The Morgan fingerprint density at radius 3 is 1.75 bits per heavy atom. The normalized spacial score (nSPS) is 15.7. The highest BCUT2D eigenvalue weighted by Gasteiger charge is 2.36. The van der Waals surface area contributed by atoms with E-state index in [1.807, 2.05) is 4.57 Å². The lowest BCUT2D eigenvalue weighted by molar-refractivity contribution is 0.661. The van der Waals surface area contributed by atoms with Gasteiger partial charge in [-0.25, -0.2) is 0 Å². The highest BCUT2D eigenvalue weighted by Crippen LogP contribution is 2.51. The monoisotopic (exact) mass is 514 g/mol. The third-order valence-corrected chi connectivity index (χ3v) is 9.04. The van der Waals surface area contributed by atoms with Gasteiger partial charge in [-0.3, -0.25) is 0 Å². The Hall–Kier alpha value is -4.88. The molecular weight excluding hydrogens is 482 g/mol. The lowest BCUT2D eigenvalue weighted by atomic mass is 9.82. The maximum absolute atomic E-state index is 9.01. The van der Waals surface area contributed by atoms with Crippen molar-refractivity contribution in [2.45, 2.75) is 19.3 Å². The van der Waals surface area contributed by atoms with Crippen molar-refractivity contribution in [2.75, 3.05) is 0 Å². The van der Waals surface area contributed by atoms with Crippen molar-refractivity contribution in [2.24, 2.45) is 0 Å². The molecule has 8 aromatic rings. The zero-order valence-electron chi connectivity index (χ0n) is 27.2. The summed E-state index contributed by atoms with van der Waals surface area (Å²) in [5, 5.41) is 8.77. The fourth-order valence-electron chi connectivity index (χ4n) is 7.20. The van der Waals surface area contributed by atoms with E-state index in [1.54, 1.807) is 0 Å². The lowest BCUT2D eigenvalue weighted by Gasteiger charge is -2.21. The molecule has 0 fully saturated rings. The molecule has 0 saturated heterocycles. The first kappa shape index (κ1) is 17.7. The van der Waals surface area contributed by atoms with Crippen LogP contribution in [0, 0.1) is 0 Å². The fraction of sp³-hybridized carbons (Fsp3) is 0.0769. The van der Waals surface area contributed by atoms with E-state index in [-0.39, 0.29) is 35.3 Å². The Morgan fingerprint density at radius 1 is 0.500 bits per heavy atom. The predicted octanol–water partition coefficient (Wildman–Crippen LogP) is 10.5. The van der Waals surface area contributed by atoms with Gasteiger partial charge in [0.2, 0.25) is 0 Å². The van der Waals surface area contributed by atoms with Crippen LogP contribution in [-0.2, 0) is 5.41 Å². The summed E-state index contributed by atoms with van der Waals surface area (Å²) in [7, 11) is 0. The van der Waals surface area contributed by atoms with Crippen molar-refractivity contribution in [3.8, 4) is 16.8 Å². The van der Waals surface area contributed by atoms with Gasteiger partial charge in [-0.15, -0.1) is 0 Å². The van der Waals surface area contributed by atoms with Crippen LogP contribution in [0.2, 0.25) is 0 Å². The smallest absolute Gasteiger partial charge is 0.0645 e.